The molecule has 0 spiro atoms. The van der Waals surface area contributed by atoms with Gasteiger partial charge in [-0.3, -0.25) is 4.79 Å². The van der Waals surface area contributed by atoms with E-state index in [1.165, 1.54) is 0 Å². The molecule has 0 aliphatic carbocycles. The lowest BCUT2D eigenvalue weighted by Gasteiger charge is -2.15. The molecule has 2 aromatic carbocycles. The predicted octanol–water partition coefficient (Wildman–Crippen LogP) is 4.38. The van der Waals surface area contributed by atoms with Gasteiger partial charge in [0.2, 0.25) is 0 Å². The minimum absolute atomic E-state index is 0.0905. The Kier molecular flexibility index (Phi) is 4.68. The molecule has 0 bridgehead atoms. The Morgan fingerprint density at radius 1 is 1.10 bits per heavy atom. The van der Waals surface area contributed by atoms with Crippen molar-refractivity contribution in [1.29, 1.82) is 0 Å². The lowest BCUT2D eigenvalue weighted by molar-refractivity contribution is 0.102. The van der Waals surface area contributed by atoms with E-state index >= 15 is 0 Å². The van der Waals surface area contributed by atoms with E-state index in [2.05, 4.69) is 21.2 Å². The molecule has 0 saturated heterocycles. The van der Waals surface area contributed by atoms with Gasteiger partial charge in [0, 0.05) is 35.5 Å². The SMILES string of the molecule is Cc1cc(Br)cc(C)c1NC(=O)c1cccc(N(C)C)c1. The molecule has 1 amide bonds. The average Bonchev–Trinajstić information content (AvgIpc) is 2.42. The number of nitrogens with zero attached hydrogens (tertiary/aromatic N) is 1. The van der Waals surface area contributed by atoms with Crippen LogP contribution in [-0.4, -0.2) is 20.0 Å². The van der Waals surface area contributed by atoms with Crippen LogP contribution >= 0.6 is 15.9 Å². The number of hydrogen-bond acceptors (Lipinski definition) is 2. The van der Waals surface area contributed by atoms with E-state index in [1.807, 2.05) is 69.2 Å². The maximum absolute atomic E-state index is 12.4. The van der Waals surface area contributed by atoms with Crippen molar-refractivity contribution in [3.05, 3.63) is 57.6 Å². The van der Waals surface area contributed by atoms with E-state index in [1.54, 1.807) is 0 Å². The third kappa shape index (κ3) is 3.64. The Morgan fingerprint density at radius 3 is 2.29 bits per heavy atom. The van der Waals surface area contributed by atoms with Gasteiger partial charge in [-0.15, -0.1) is 0 Å². The predicted molar refractivity (Wildman–Crippen MR) is 92.3 cm³/mol. The maximum Gasteiger partial charge on any atom is 0.255 e. The molecular weight excluding hydrogens is 328 g/mol. The van der Waals surface area contributed by atoms with Crippen LogP contribution in [0.3, 0.4) is 0 Å². The highest BCUT2D eigenvalue weighted by atomic mass is 79.9. The van der Waals surface area contributed by atoms with E-state index < -0.39 is 0 Å². The number of aryl methyl sites for hydroxylation is 2. The first-order valence-corrected chi connectivity index (χ1v) is 7.53. The third-order valence-corrected chi connectivity index (χ3v) is 3.82. The van der Waals surface area contributed by atoms with Crippen molar-refractivity contribution in [2.45, 2.75) is 13.8 Å². The molecule has 0 radical (unpaired) electrons. The zero-order chi connectivity index (χ0) is 15.6. The zero-order valence-corrected chi connectivity index (χ0v) is 14.3. The topological polar surface area (TPSA) is 32.3 Å². The van der Waals surface area contributed by atoms with Crippen LogP contribution in [0.4, 0.5) is 11.4 Å². The van der Waals surface area contributed by atoms with Gasteiger partial charge in [-0.25, -0.2) is 0 Å². The molecular formula is C17H19BrN2O. The summed E-state index contributed by atoms with van der Waals surface area (Å²) in [6.45, 7) is 3.98. The van der Waals surface area contributed by atoms with Crippen molar-refractivity contribution in [3.8, 4) is 0 Å². The van der Waals surface area contributed by atoms with E-state index in [0.717, 1.165) is 27.0 Å². The van der Waals surface area contributed by atoms with Gasteiger partial charge in [0.05, 0.1) is 0 Å². The molecule has 2 rings (SSSR count). The van der Waals surface area contributed by atoms with Crippen LogP contribution in [0.25, 0.3) is 0 Å². The van der Waals surface area contributed by atoms with Gasteiger partial charge in [0.25, 0.3) is 5.91 Å². The normalized spacial score (nSPS) is 10.3. The Morgan fingerprint density at radius 2 is 1.71 bits per heavy atom. The summed E-state index contributed by atoms with van der Waals surface area (Å²) >= 11 is 3.47. The van der Waals surface area contributed by atoms with Gasteiger partial charge in [-0.2, -0.15) is 0 Å². The Balaban J connectivity index is 2.28. The summed E-state index contributed by atoms with van der Waals surface area (Å²) in [5.74, 6) is -0.0905. The van der Waals surface area contributed by atoms with Gasteiger partial charge in [-0.05, 0) is 55.3 Å². The summed E-state index contributed by atoms with van der Waals surface area (Å²) in [5.41, 5.74) is 4.62. The molecule has 21 heavy (non-hydrogen) atoms. The standard InChI is InChI=1S/C17H19BrN2O/c1-11-8-14(18)9-12(2)16(11)19-17(21)13-6-5-7-15(10-13)20(3)4/h5-10H,1-4H3,(H,19,21). The van der Waals surface area contributed by atoms with Crippen LogP contribution in [0.5, 0.6) is 0 Å². The molecule has 110 valence electrons. The van der Waals surface area contributed by atoms with Gasteiger partial charge in [0.15, 0.2) is 0 Å². The fraction of sp³-hybridized carbons (Fsp3) is 0.235. The van der Waals surface area contributed by atoms with Gasteiger partial charge in [-0.1, -0.05) is 22.0 Å². The first-order chi connectivity index (χ1) is 9.88. The van der Waals surface area contributed by atoms with E-state index in [0.29, 0.717) is 5.56 Å². The average molecular weight is 347 g/mol. The summed E-state index contributed by atoms with van der Waals surface area (Å²) in [5, 5.41) is 3.01. The van der Waals surface area contributed by atoms with Crippen molar-refractivity contribution in [3.63, 3.8) is 0 Å². The number of rotatable bonds is 3. The zero-order valence-electron chi connectivity index (χ0n) is 12.7. The van der Waals surface area contributed by atoms with Crippen molar-refractivity contribution < 1.29 is 4.79 Å². The molecule has 3 nitrogen and oxygen atoms in total. The Bertz CT molecular complexity index is 657. The first-order valence-electron chi connectivity index (χ1n) is 6.74. The number of amides is 1. The summed E-state index contributed by atoms with van der Waals surface area (Å²) in [6, 6.07) is 11.6. The van der Waals surface area contributed by atoms with Crippen molar-refractivity contribution in [2.75, 3.05) is 24.3 Å². The summed E-state index contributed by atoms with van der Waals surface area (Å²) in [4.78, 5) is 14.4. The minimum Gasteiger partial charge on any atom is -0.378 e. The minimum atomic E-state index is -0.0905. The second-order valence-corrected chi connectivity index (χ2v) is 6.23. The highest BCUT2D eigenvalue weighted by Gasteiger charge is 2.11. The number of halogens is 1. The van der Waals surface area contributed by atoms with Crippen molar-refractivity contribution >= 4 is 33.2 Å². The van der Waals surface area contributed by atoms with Crippen LogP contribution in [0.1, 0.15) is 21.5 Å². The lowest BCUT2D eigenvalue weighted by Crippen LogP contribution is -2.15. The fourth-order valence-electron chi connectivity index (χ4n) is 2.22. The summed E-state index contributed by atoms with van der Waals surface area (Å²) < 4.78 is 1.02. The molecule has 1 N–H and O–H groups in total. The van der Waals surface area contributed by atoms with E-state index in [9.17, 15) is 4.79 Å². The molecule has 0 atom stereocenters. The van der Waals surface area contributed by atoms with Gasteiger partial charge in [0.1, 0.15) is 0 Å². The summed E-state index contributed by atoms with van der Waals surface area (Å²) in [6.07, 6.45) is 0. The molecule has 0 heterocycles. The quantitative estimate of drug-likeness (QED) is 0.893. The highest BCUT2D eigenvalue weighted by molar-refractivity contribution is 9.10. The molecule has 0 unspecified atom stereocenters. The maximum atomic E-state index is 12.4. The summed E-state index contributed by atoms with van der Waals surface area (Å²) in [7, 11) is 3.92. The van der Waals surface area contributed by atoms with E-state index in [4.69, 9.17) is 0 Å². The first kappa shape index (κ1) is 15.6. The highest BCUT2D eigenvalue weighted by Crippen LogP contribution is 2.26. The van der Waals surface area contributed by atoms with Gasteiger partial charge < -0.3 is 10.2 Å². The fourth-order valence-corrected chi connectivity index (χ4v) is 2.91. The molecule has 0 aromatic heterocycles. The number of hydrogen-bond donors (Lipinski definition) is 1. The third-order valence-electron chi connectivity index (χ3n) is 3.36. The largest absolute Gasteiger partial charge is 0.378 e. The van der Waals surface area contributed by atoms with Crippen molar-refractivity contribution in [1.82, 2.24) is 0 Å². The van der Waals surface area contributed by atoms with Crippen LogP contribution in [-0.2, 0) is 0 Å². The van der Waals surface area contributed by atoms with Crippen LogP contribution in [0.15, 0.2) is 40.9 Å². The number of nitrogens with one attached hydrogen (secondary N) is 1. The Hall–Kier alpha value is -1.81. The number of carbonyl (C=O) groups is 1. The smallest absolute Gasteiger partial charge is 0.255 e. The van der Waals surface area contributed by atoms with Crippen LogP contribution in [0, 0.1) is 13.8 Å². The number of carbonyl (C=O) groups excluding carboxylic acids is 1. The van der Waals surface area contributed by atoms with Crippen LogP contribution in [0.2, 0.25) is 0 Å². The lowest BCUT2D eigenvalue weighted by atomic mass is 10.1. The number of benzene rings is 2. The van der Waals surface area contributed by atoms with Gasteiger partial charge >= 0.3 is 0 Å². The van der Waals surface area contributed by atoms with E-state index in [-0.39, 0.29) is 5.91 Å². The molecule has 0 aliphatic rings. The molecule has 0 aliphatic heterocycles. The second-order valence-electron chi connectivity index (χ2n) is 5.31. The molecule has 2 aromatic rings. The molecule has 0 saturated carbocycles. The van der Waals surface area contributed by atoms with Crippen LogP contribution < -0.4 is 10.2 Å². The Labute approximate surface area is 134 Å². The molecule has 0 fully saturated rings. The number of anilines is 2. The van der Waals surface area contributed by atoms with Crippen molar-refractivity contribution in [2.24, 2.45) is 0 Å². The molecule has 4 heteroatoms. The second kappa shape index (κ2) is 6.31. The monoisotopic (exact) mass is 346 g/mol.